The third-order valence-corrected chi connectivity index (χ3v) is 6.45. The molecule has 7 nitrogen and oxygen atoms in total. The summed E-state index contributed by atoms with van der Waals surface area (Å²) < 4.78 is 21.9. The lowest BCUT2D eigenvalue weighted by Crippen LogP contribution is -2.35. The Hall–Kier alpha value is -2.33. The fourth-order valence-corrected chi connectivity index (χ4v) is 4.96. The maximum Gasteiger partial charge on any atom is 0.352 e. The van der Waals surface area contributed by atoms with Crippen molar-refractivity contribution in [3.05, 3.63) is 62.4 Å². The number of ether oxygens (including phenoxy) is 1. The van der Waals surface area contributed by atoms with Gasteiger partial charge in [0.25, 0.3) is 0 Å². The summed E-state index contributed by atoms with van der Waals surface area (Å²) in [7, 11) is 0. The van der Waals surface area contributed by atoms with Gasteiger partial charge in [0, 0.05) is 24.5 Å². The summed E-state index contributed by atoms with van der Waals surface area (Å²) in [5.41, 5.74) is 0.996. The van der Waals surface area contributed by atoms with Gasteiger partial charge in [-0.1, -0.05) is 17.7 Å². The molecule has 0 bridgehead atoms. The molecule has 0 N–H and O–H groups in total. The number of thiophene rings is 1. The minimum Gasteiger partial charge on any atom is -0.379 e. The molecule has 1 aliphatic rings. The number of nitrogens with zero attached hydrogens (tertiary/aromatic N) is 5. The first kappa shape index (κ1) is 18.7. The highest BCUT2D eigenvalue weighted by Gasteiger charge is 2.18. The smallest absolute Gasteiger partial charge is 0.352 e. The fraction of sp³-hybridized carbons (Fsp3) is 0.316. The molecule has 1 fully saturated rings. The highest BCUT2D eigenvalue weighted by atomic mass is 35.5. The molecule has 0 saturated carbocycles. The molecule has 0 spiro atoms. The van der Waals surface area contributed by atoms with Crippen LogP contribution in [0.25, 0.3) is 15.9 Å². The van der Waals surface area contributed by atoms with Crippen LogP contribution in [0.15, 0.2) is 35.4 Å². The van der Waals surface area contributed by atoms with Gasteiger partial charge in [0.05, 0.1) is 30.2 Å². The molecule has 0 atom stereocenters. The van der Waals surface area contributed by atoms with Crippen molar-refractivity contribution in [2.24, 2.45) is 0 Å². The van der Waals surface area contributed by atoms with Crippen LogP contribution in [0, 0.1) is 5.82 Å². The maximum atomic E-state index is 13.5. The fourth-order valence-electron chi connectivity index (χ4n) is 3.58. The second-order valence-corrected chi connectivity index (χ2v) is 8.46. The molecule has 4 aromatic rings. The average Bonchev–Trinajstić information content (AvgIpc) is 3.36. The van der Waals surface area contributed by atoms with Crippen LogP contribution in [0.2, 0.25) is 5.02 Å². The molecule has 150 valence electrons. The molecule has 0 aliphatic carbocycles. The van der Waals surface area contributed by atoms with Crippen LogP contribution < -0.4 is 5.69 Å². The third kappa shape index (κ3) is 3.44. The Morgan fingerprint density at radius 3 is 2.83 bits per heavy atom. The van der Waals surface area contributed by atoms with E-state index in [9.17, 15) is 9.18 Å². The topological polar surface area (TPSA) is 64.7 Å². The number of aromatic nitrogens is 4. The number of morpholine rings is 1. The van der Waals surface area contributed by atoms with Crippen LogP contribution in [0.5, 0.6) is 0 Å². The van der Waals surface area contributed by atoms with Gasteiger partial charge < -0.3 is 4.74 Å². The van der Waals surface area contributed by atoms with Crippen LogP contribution in [0.4, 0.5) is 4.39 Å². The lowest BCUT2D eigenvalue weighted by Gasteiger charge is -2.25. The Morgan fingerprint density at radius 1 is 1.21 bits per heavy atom. The molecule has 1 saturated heterocycles. The summed E-state index contributed by atoms with van der Waals surface area (Å²) in [5, 5.41) is 5.00. The van der Waals surface area contributed by atoms with Crippen molar-refractivity contribution in [2.75, 3.05) is 26.3 Å². The van der Waals surface area contributed by atoms with Crippen molar-refractivity contribution in [1.82, 2.24) is 24.1 Å². The number of hydrogen-bond acceptors (Lipinski definition) is 6. The summed E-state index contributed by atoms with van der Waals surface area (Å²) in [4.78, 5) is 21.6. The van der Waals surface area contributed by atoms with E-state index >= 15 is 0 Å². The Kier molecular flexibility index (Phi) is 4.83. The van der Waals surface area contributed by atoms with Gasteiger partial charge in [0.1, 0.15) is 17.0 Å². The first-order valence-corrected chi connectivity index (χ1v) is 10.4. The molecule has 5 rings (SSSR count). The summed E-state index contributed by atoms with van der Waals surface area (Å²) >= 11 is 7.49. The van der Waals surface area contributed by atoms with E-state index in [1.165, 1.54) is 16.9 Å². The normalized spacial score (nSPS) is 15.5. The minimum absolute atomic E-state index is 0.0350. The summed E-state index contributed by atoms with van der Waals surface area (Å²) in [6.45, 7) is 4.29. The second kappa shape index (κ2) is 7.49. The lowest BCUT2D eigenvalue weighted by atomic mass is 10.2. The molecule has 1 aliphatic heterocycles. The molecular weight excluding hydrogens is 417 g/mol. The van der Waals surface area contributed by atoms with Crippen LogP contribution in [-0.2, 0) is 17.8 Å². The molecule has 3 aromatic heterocycles. The zero-order valence-corrected chi connectivity index (χ0v) is 16.9. The molecular formula is C19H17ClFN5O2S. The first-order valence-electron chi connectivity index (χ1n) is 9.19. The predicted octanol–water partition coefficient (Wildman–Crippen LogP) is 2.78. The zero-order chi connectivity index (χ0) is 20.0. The van der Waals surface area contributed by atoms with Crippen molar-refractivity contribution in [3.8, 4) is 0 Å². The monoisotopic (exact) mass is 433 g/mol. The number of hydrogen-bond donors (Lipinski definition) is 0. The third-order valence-electron chi connectivity index (χ3n) is 5.02. The SMILES string of the molecule is O=c1n(Cc2ccc(F)c(Cl)c2)c2sc(CN3CCOCC3)cc2c2ncnn12. The number of halogens is 2. The van der Waals surface area contributed by atoms with Crippen LogP contribution in [0.1, 0.15) is 10.4 Å². The van der Waals surface area contributed by atoms with E-state index in [0.717, 1.165) is 53.5 Å². The first-order chi connectivity index (χ1) is 14.1. The van der Waals surface area contributed by atoms with E-state index in [0.29, 0.717) is 5.65 Å². The Bertz CT molecular complexity index is 1260. The van der Waals surface area contributed by atoms with Gasteiger partial charge in [0.15, 0.2) is 5.65 Å². The zero-order valence-electron chi connectivity index (χ0n) is 15.3. The molecule has 0 unspecified atom stereocenters. The molecule has 4 heterocycles. The Labute approximate surface area is 173 Å². The average molecular weight is 434 g/mol. The van der Waals surface area contributed by atoms with E-state index < -0.39 is 5.82 Å². The molecule has 29 heavy (non-hydrogen) atoms. The van der Waals surface area contributed by atoms with Crippen molar-refractivity contribution in [1.29, 1.82) is 0 Å². The van der Waals surface area contributed by atoms with Crippen molar-refractivity contribution >= 4 is 38.8 Å². The molecule has 10 heteroatoms. The summed E-state index contributed by atoms with van der Waals surface area (Å²) in [6.07, 6.45) is 1.38. The van der Waals surface area contributed by atoms with E-state index in [4.69, 9.17) is 16.3 Å². The van der Waals surface area contributed by atoms with Gasteiger partial charge in [-0.3, -0.25) is 9.47 Å². The predicted molar refractivity (Wildman–Crippen MR) is 109 cm³/mol. The van der Waals surface area contributed by atoms with E-state index in [2.05, 4.69) is 21.0 Å². The highest BCUT2D eigenvalue weighted by Crippen LogP contribution is 2.29. The second-order valence-electron chi connectivity index (χ2n) is 6.93. The van der Waals surface area contributed by atoms with Gasteiger partial charge in [-0.05, 0) is 23.8 Å². The van der Waals surface area contributed by atoms with Gasteiger partial charge in [-0.15, -0.1) is 11.3 Å². The van der Waals surface area contributed by atoms with E-state index in [1.54, 1.807) is 28.0 Å². The molecule has 0 amide bonds. The minimum atomic E-state index is -0.483. The van der Waals surface area contributed by atoms with Gasteiger partial charge in [0.2, 0.25) is 0 Å². The van der Waals surface area contributed by atoms with Crippen LogP contribution >= 0.6 is 22.9 Å². The molecule has 1 aromatic carbocycles. The molecule has 0 radical (unpaired) electrons. The van der Waals surface area contributed by atoms with Gasteiger partial charge in [-0.25, -0.2) is 14.2 Å². The lowest BCUT2D eigenvalue weighted by molar-refractivity contribution is 0.0346. The van der Waals surface area contributed by atoms with E-state index in [1.807, 2.05) is 0 Å². The largest absolute Gasteiger partial charge is 0.379 e. The van der Waals surface area contributed by atoms with Crippen molar-refractivity contribution < 1.29 is 9.13 Å². The standard InChI is InChI=1S/C19H17ClFN5O2S/c20-15-7-12(1-2-16(15)21)9-25-18-14(17-22-11-23-26(17)19(25)27)8-13(29-18)10-24-3-5-28-6-4-24/h1-2,7-8,11H,3-6,9-10H2. The highest BCUT2D eigenvalue weighted by molar-refractivity contribution is 7.18. The van der Waals surface area contributed by atoms with Crippen molar-refractivity contribution in [3.63, 3.8) is 0 Å². The number of rotatable bonds is 4. The number of fused-ring (bicyclic) bond motifs is 3. The summed E-state index contributed by atoms with van der Waals surface area (Å²) in [5.74, 6) is -0.483. The van der Waals surface area contributed by atoms with Gasteiger partial charge >= 0.3 is 5.69 Å². The van der Waals surface area contributed by atoms with Gasteiger partial charge in [-0.2, -0.15) is 9.61 Å². The number of benzene rings is 1. The van der Waals surface area contributed by atoms with E-state index in [-0.39, 0.29) is 17.3 Å². The Morgan fingerprint density at radius 2 is 2.03 bits per heavy atom. The quantitative estimate of drug-likeness (QED) is 0.495. The van der Waals surface area contributed by atoms with Crippen LogP contribution in [-0.4, -0.2) is 50.4 Å². The Balaban J connectivity index is 1.61. The summed E-state index contributed by atoms with van der Waals surface area (Å²) in [6, 6.07) is 6.56. The maximum absolute atomic E-state index is 13.5. The van der Waals surface area contributed by atoms with Crippen molar-refractivity contribution in [2.45, 2.75) is 13.1 Å². The van der Waals surface area contributed by atoms with Crippen LogP contribution in [0.3, 0.4) is 0 Å².